The third-order valence-electron chi connectivity index (χ3n) is 5.82. The lowest BCUT2D eigenvalue weighted by atomic mass is 10.1. The normalized spacial score (nSPS) is 11.0. The Morgan fingerprint density at radius 1 is 0.973 bits per heavy atom. The van der Waals surface area contributed by atoms with Crippen LogP contribution >= 0.6 is 0 Å². The van der Waals surface area contributed by atoms with Gasteiger partial charge in [0.1, 0.15) is 12.2 Å². The van der Waals surface area contributed by atoms with Crippen molar-refractivity contribution in [3.63, 3.8) is 0 Å². The SMILES string of the molecule is CCOc1cc(/C=N\NC(=O)c2cc3c(ccc4ccccc43)o2)ccc1OCc1ccccc1C#N. The van der Waals surface area contributed by atoms with Crippen molar-refractivity contribution in [2.45, 2.75) is 13.5 Å². The van der Waals surface area contributed by atoms with E-state index in [4.69, 9.17) is 13.9 Å². The number of nitriles is 1. The van der Waals surface area contributed by atoms with Gasteiger partial charge in [0.25, 0.3) is 0 Å². The Balaban J connectivity index is 1.28. The van der Waals surface area contributed by atoms with E-state index in [1.807, 2.05) is 61.5 Å². The maximum Gasteiger partial charge on any atom is 0.307 e. The average molecular weight is 490 g/mol. The van der Waals surface area contributed by atoms with Gasteiger partial charge in [-0.1, -0.05) is 48.5 Å². The second kappa shape index (κ2) is 10.7. The van der Waals surface area contributed by atoms with Gasteiger partial charge in [-0.25, -0.2) is 5.43 Å². The molecule has 0 aliphatic heterocycles. The van der Waals surface area contributed by atoms with Crippen LogP contribution in [0.1, 0.15) is 34.2 Å². The number of ether oxygens (including phenoxy) is 2. The van der Waals surface area contributed by atoms with Gasteiger partial charge < -0.3 is 13.9 Å². The Morgan fingerprint density at radius 3 is 2.68 bits per heavy atom. The molecule has 0 aliphatic carbocycles. The lowest BCUT2D eigenvalue weighted by Crippen LogP contribution is -2.16. The molecule has 0 fully saturated rings. The predicted molar refractivity (Wildman–Crippen MR) is 142 cm³/mol. The van der Waals surface area contributed by atoms with Crippen molar-refractivity contribution < 1.29 is 18.7 Å². The second-order valence-corrected chi connectivity index (χ2v) is 8.21. The maximum atomic E-state index is 12.7. The summed E-state index contributed by atoms with van der Waals surface area (Å²) in [6.45, 7) is 2.57. The van der Waals surface area contributed by atoms with Crippen molar-refractivity contribution in [2.75, 3.05) is 6.61 Å². The molecule has 0 spiro atoms. The number of benzene rings is 4. The van der Waals surface area contributed by atoms with E-state index in [1.165, 1.54) is 6.21 Å². The fourth-order valence-electron chi connectivity index (χ4n) is 4.03. The van der Waals surface area contributed by atoms with Crippen molar-refractivity contribution in [2.24, 2.45) is 5.10 Å². The summed E-state index contributed by atoms with van der Waals surface area (Å²) in [6, 6.07) is 28.3. The first-order valence-corrected chi connectivity index (χ1v) is 11.8. The predicted octanol–water partition coefficient (Wildman–Crippen LogP) is 6.20. The van der Waals surface area contributed by atoms with Crippen LogP contribution < -0.4 is 14.9 Å². The number of hydrazone groups is 1. The average Bonchev–Trinajstić information content (AvgIpc) is 3.38. The molecule has 1 aromatic heterocycles. The van der Waals surface area contributed by atoms with Crippen LogP contribution in [0, 0.1) is 11.3 Å². The summed E-state index contributed by atoms with van der Waals surface area (Å²) >= 11 is 0. The first-order chi connectivity index (χ1) is 18.2. The third kappa shape index (κ3) is 5.14. The third-order valence-corrected chi connectivity index (χ3v) is 5.82. The van der Waals surface area contributed by atoms with E-state index < -0.39 is 5.91 Å². The Bertz CT molecular complexity index is 1660. The highest BCUT2D eigenvalue weighted by Gasteiger charge is 2.14. The summed E-state index contributed by atoms with van der Waals surface area (Å²) in [5.74, 6) is 0.819. The Morgan fingerprint density at radius 2 is 1.81 bits per heavy atom. The van der Waals surface area contributed by atoms with Gasteiger partial charge in [-0.05, 0) is 59.7 Å². The Kier molecular flexibility index (Phi) is 6.82. The number of amides is 1. The molecule has 0 saturated carbocycles. The number of fused-ring (bicyclic) bond motifs is 3. The molecular weight excluding hydrogens is 466 g/mol. The molecule has 1 amide bonds. The highest BCUT2D eigenvalue weighted by molar-refractivity contribution is 6.08. The topological polar surface area (TPSA) is 96.8 Å². The fourth-order valence-corrected chi connectivity index (χ4v) is 4.03. The van der Waals surface area contributed by atoms with Crippen LogP contribution in [0.15, 0.2) is 94.4 Å². The number of nitrogens with one attached hydrogen (secondary N) is 1. The van der Waals surface area contributed by atoms with E-state index in [9.17, 15) is 10.1 Å². The zero-order valence-electron chi connectivity index (χ0n) is 20.1. The molecule has 7 heteroatoms. The minimum absolute atomic E-state index is 0.180. The first kappa shape index (κ1) is 23.6. The van der Waals surface area contributed by atoms with E-state index in [0.717, 1.165) is 21.7 Å². The van der Waals surface area contributed by atoms with Crippen molar-refractivity contribution in [1.29, 1.82) is 5.26 Å². The molecule has 37 heavy (non-hydrogen) atoms. The Hall–Kier alpha value is -5.09. The minimum atomic E-state index is -0.447. The second-order valence-electron chi connectivity index (χ2n) is 8.21. The molecule has 0 radical (unpaired) electrons. The largest absolute Gasteiger partial charge is 0.490 e. The summed E-state index contributed by atoms with van der Waals surface area (Å²) in [5, 5.41) is 16.3. The highest BCUT2D eigenvalue weighted by atomic mass is 16.5. The van der Waals surface area contributed by atoms with Gasteiger partial charge in [0.15, 0.2) is 17.3 Å². The van der Waals surface area contributed by atoms with Crippen LogP contribution in [0.3, 0.4) is 0 Å². The summed E-state index contributed by atoms with van der Waals surface area (Å²) in [4.78, 5) is 12.7. The summed E-state index contributed by atoms with van der Waals surface area (Å²) in [6.07, 6.45) is 1.52. The van der Waals surface area contributed by atoms with E-state index in [0.29, 0.717) is 34.8 Å². The number of carbonyl (C=O) groups excluding carboxylic acids is 1. The summed E-state index contributed by atoms with van der Waals surface area (Å²) in [5.41, 5.74) is 5.23. The summed E-state index contributed by atoms with van der Waals surface area (Å²) in [7, 11) is 0. The molecule has 4 aromatic carbocycles. The van der Waals surface area contributed by atoms with Crippen molar-refractivity contribution in [1.82, 2.24) is 5.43 Å². The number of nitrogens with zero attached hydrogens (tertiary/aromatic N) is 2. The van der Waals surface area contributed by atoms with Gasteiger partial charge in [-0.3, -0.25) is 4.79 Å². The van der Waals surface area contributed by atoms with Gasteiger partial charge in [-0.2, -0.15) is 10.4 Å². The van der Waals surface area contributed by atoms with E-state index in [2.05, 4.69) is 16.6 Å². The molecule has 0 unspecified atom stereocenters. The molecule has 7 nitrogen and oxygen atoms in total. The molecule has 182 valence electrons. The van der Waals surface area contributed by atoms with Crippen molar-refractivity contribution in [3.8, 4) is 17.6 Å². The van der Waals surface area contributed by atoms with Crippen molar-refractivity contribution >= 4 is 33.9 Å². The molecule has 1 heterocycles. The van der Waals surface area contributed by atoms with Gasteiger partial charge >= 0.3 is 5.91 Å². The van der Waals surface area contributed by atoms with Gasteiger partial charge in [0, 0.05) is 10.9 Å². The van der Waals surface area contributed by atoms with Crippen LogP contribution in [0.4, 0.5) is 0 Å². The smallest absolute Gasteiger partial charge is 0.307 e. The van der Waals surface area contributed by atoms with Crippen LogP contribution in [0.25, 0.3) is 21.7 Å². The zero-order valence-corrected chi connectivity index (χ0v) is 20.1. The molecule has 1 N–H and O–H groups in total. The molecular formula is C30H23N3O4. The molecule has 0 aliphatic rings. The number of hydrogen-bond acceptors (Lipinski definition) is 6. The molecule has 0 saturated heterocycles. The molecule has 0 atom stereocenters. The number of rotatable bonds is 8. The lowest BCUT2D eigenvalue weighted by Gasteiger charge is -2.13. The first-order valence-electron chi connectivity index (χ1n) is 11.8. The number of carbonyl (C=O) groups is 1. The van der Waals surface area contributed by atoms with E-state index in [-0.39, 0.29) is 12.4 Å². The number of furan rings is 1. The van der Waals surface area contributed by atoms with E-state index >= 15 is 0 Å². The fraction of sp³-hybridized carbons (Fsp3) is 0.100. The van der Waals surface area contributed by atoms with Crippen LogP contribution in [-0.2, 0) is 6.61 Å². The lowest BCUT2D eigenvalue weighted by molar-refractivity contribution is 0.0929. The van der Waals surface area contributed by atoms with Crippen molar-refractivity contribution in [3.05, 3.63) is 107 Å². The minimum Gasteiger partial charge on any atom is -0.490 e. The quantitative estimate of drug-likeness (QED) is 0.207. The van der Waals surface area contributed by atoms with Crippen LogP contribution in [-0.4, -0.2) is 18.7 Å². The Labute approximate surface area is 213 Å². The maximum absolute atomic E-state index is 12.7. The highest BCUT2D eigenvalue weighted by Crippen LogP contribution is 2.30. The molecule has 5 rings (SSSR count). The van der Waals surface area contributed by atoms with E-state index in [1.54, 1.807) is 30.3 Å². The van der Waals surface area contributed by atoms with Crippen LogP contribution in [0.2, 0.25) is 0 Å². The number of hydrogen-bond donors (Lipinski definition) is 1. The zero-order chi connectivity index (χ0) is 25.6. The molecule has 0 bridgehead atoms. The summed E-state index contributed by atoms with van der Waals surface area (Å²) < 4.78 is 17.4. The van der Waals surface area contributed by atoms with Gasteiger partial charge in [-0.15, -0.1) is 0 Å². The van der Waals surface area contributed by atoms with Gasteiger partial charge in [0.2, 0.25) is 0 Å². The molecule has 5 aromatic rings. The monoisotopic (exact) mass is 489 g/mol. The van der Waals surface area contributed by atoms with Gasteiger partial charge in [0.05, 0.1) is 24.5 Å². The van der Waals surface area contributed by atoms with Crippen LogP contribution in [0.5, 0.6) is 11.5 Å². The standard InChI is InChI=1S/C30H23N3O4/c1-2-35-28-15-20(11-13-27(28)36-19-23-9-4-3-8-22(23)17-31)18-32-33-30(34)29-16-25-24-10-6-5-7-21(24)12-14-26(25)37-29/h3-16,18H,2,19H2,1H3,(H,33,34)/b32-18-.